The van der Waals surface area contributed by atoms with E-state index in [1.165, 1.54) is 18.3 Å². The first-order chi connectivity index (χ1) is 10.6. The highest BCUT2D eigenvalue weighted by Gasteiger charge is 2.32. The van der Waals surface area contributed by atoms with Crippen LogP contribution in [0.4, 0.5) is 13.2 Å². The number of aromatic nitrogens is 1. The van der Waals surface area contributed by atoms with Gasteiger partial charge in [0.2, 0.25) is 0 Å². The van der Waals surface area contributed by atoms with Gasteiger partial charge in [-0.05, 0) is 41.4 Å². The summed E-state index contributed by atoms with van der Waals surface area (Å²) in [6.07, 6.45) is -4.70. The predicted octanol–water partition coefficient (Wildman–Crippen LogP) is 2.09. The van der Waals surface area contributed by atoms with E-state index in [1.54, 1.807) is 21.8 Å². The van der Waals surface area contributed by atoms with Gasteiger partial charge in [-0.15, -0.1) is 0 Å². The molecule has 0 fully saturated rings. The molecular weight excluding hydrogens is 333 g/mol. The lowest BCUT2D eigenvalue weighted by molar-refractivity contribution is -0.141. The summed E-state index contributed by atoms with van der Waals surface area (Å²) in [6.45, 7) is 1.29. The van der Waals surface area contributed by atoms with Crippen molar-refractivity contribution in [2.45, 2.75) is 18.7 Å². The molecule has 0 saturated heterocycles. The highest BCUT2D eigenvalue weighted by Crippen LogP contribution is 2.26. The van der Waals surface area contributed by atoms with Crippen molar-refractivity contribution < 1.29 is 23.1 Å². The Morgan fingerprint density at radius 3 is 2.57 bits per heavy atom. The molecule has 0 saturated carbocycles. The van der Waals surface area contributed by atoms with Gasteiger partial charge in [-0.25, -0.2) is 0 Å². The van der Waals surface area contributed by atoms with Crippen LogP contribution >= 0.6 is 11.3 Å². The second-order valence-corrected chi connectivity index (χ2v) is 5.86. The lowest BCUT2D eigenvalue weighted by Gasteiger charge is -2.22. The fourth-order valence-electron chi connectivity index (χ4n) is 1.84. The maximum atomic E-state index is 12.5. The van der Waals surface area contributed by atoms with Crippen molar-refractivity contribution >= 4 is 17.2 Å². The van der Waals surface area contributed by atoms with E-state index in [2.05, 4.69) is 5.32 Å². The molecule has 0 unspecified atom stereocenters. The number of aliphatic hydroxyl groups is 1. The van der Waals surface area contributed by atoms with Gasteiger partial charge in [-0.2, -0.15) is 24.5 Å². The second kappa shape index (κ2) is 6.17. The van der Waals surface area contributed by atoms with E-state index in [-0.39, 0.29) is 6.54 Å². The number of hydrogen-bond acceptors (Lipinski definition) is 4. The average molecular weight is 346 g/mol. The lowest BCUT2D eigenvalue weighted by Crippen LogP contribution is -2.40. The van der Waals surface area contributed by atoms with Crippen LogP contribution in [0.1, 0.15) is 28.5 Å². The normalized spacial score (nSPS) is 14.3. The summed E-state index contributed by atoms with van der Waals surface area (Å²) in [5.41, 5.74) is -3.60. The number of carbonyl (C=O) groups excluding carboxylic acids is 1. The van der Waals surface area contributed by atoms with Gasteiger partial charge in [-0.3, -0.25) is 9.59 Å². The van der Waals surface area contributed by atoms with Crippen LogP contribution in [0.15, 0.2) is 33.8 Å². The predicted molar refractivity (Wildman–Crippen MR) is 78.3 cm³/mol. The molecular formula is C14H13F3N2O3S. The zero-order valence-electron chi connectivity index (χ0n) is 11.9. The Balaban J connectivity index is 2.11. The van der Waals surface area contributed by atoms with Gasteiger partial charge in [0.25, 0.3) is 11.5 Å². The van der Waals surface area contributed by atoms with Crippen LogP contribution in [0.3, 0.4) is 0 Å². The Morgan fingerprint density at radius 1 is 1.35 bits per heavy atom. The number of carbonyl (C=O) groups is 1. The number of H-pyrrole nitrogens is 1. The van der Waals surface area contributed by atoms with Crippen LogP contribution < -0.4 is 10.9 Å². The van der Waals surface area contributed by atoms with Crippen molar-refractivity contribution in [3.05, 3.63) is 56.1 Å². The zero-order valence-corrected chi connectivity index (χ0v) is 12.7. The summed E-state index contributed by atoms with van der Waals surface area (Å²) in [5, 5.41) is 16.1. The van der Waals surface area contributed by atoms with Crippen LogP contribution in [0.5, 0.6) is 0 Å². The minimum atomic E-state index is -4.70. The Kier molecular flexibility index (Phi) is 4.62. The summed E-state index contributed by atoms with van der Waals surface area (Å²) in [6, 6.07) is 3.10. The van der Waals surface area contributed by atoms with Gasteiger partial charge in [0.15, 0.2) is 0 Å². The van der Waals surface area contributed by atoms with Crippen molar-refractivity contribution in [3.63, 3.8) is 0 Å². The van der Waals surface area contributed by atoms with Crippen molar-refractivity contribution in [1.82, 2.24) is 10.3 Å². The van der Waals surface area contributed by atoms with E-state index in [0.29, 0.717) is 11.6 Å². The van der Waals surface area contributed by atoms with Gasteiger partial charge >= 0.3 is 6.18 Å². The molecule has 5 nitrogen and oxygen atoms in total. The number of amides is 1. The molecule has 0 bridgehead atoms. The van der Waals surface area contributed by atoms with E-state index >= 15 is 0 Å². The quantitative estimate of drug-likeness (QED) is 0.793. The maximum Gasteiger partial charge on any atom is 0.431 e. The Bertz CT molecular complexity index is 751. The molecule has 0 aromatic carbocycles. The maximum absolute atomic E-state index is 12.5. The molecule has 2 aromatic heterocycles. The first-order valence-corrected chi connectivity index (χ1v) is 7.39. The molecule has 23 heavy (non-hydrogen) atoms. The van der Waals surface area contributed by atoms with Gasteiger partial charge in [0.1, 0.15) is 16.9 Å². The standard InChI is InChI=1S/C14H13F3N2O3S/c1-13(22,8-4-5-23-6-8)7-18-11(20)9-2-3-10(14(15,16)17)19-12(9)21/h2-6,22H,7H2,1H3,(H,18,20)(H,19,21)/t13-/m0/s1. The Morgan fingerprint density at radius 2 is 2.04 bits per heavy atom. The molecule has 2 heterocycles. The molecule has 0 aliphatic rings. The van der Waals surface area contributed by atoms with Crippen molar-refractivity contribution in [1.29, 1.82) is 0 Å². The van der Waals surface area contributed by atoms with Crippen LogP contribution in [0.2, 0.25) is 0 Å². The molecule has 9 heteroatoms. The number of nitrogens with one attached hydrogen (secondary N) is 2. The lowest BCUT2D eigenvalue weighted by atomic mass is 9.99. The number of halogens is 3. The monoisotopic (exact) mass is 346 g/mol. The molecule has 0 radical (unpaired) electrons. The number of rotatable bonds is 4. The zero-order chi connectivity index (χ0) is 17.3. The van der Waals surface area contributed by atoms with E-state index in [1.807, 2.05) is 0 Å². The molecule has 0 spiro atoms. The summed E-state index contributed by atoms with van der Waals surface area (Å²) in [4.78, 5) is 25.1. The fraction of sp³-hybridized carbons (Fsp3) is 0.286. The molecule has 2 rings (SSSR count). The van der Waals surface area contributed by atoms with Crippen LogP contribution in [0, 0.1) is 0 Å². The second-order valence-electron chi connectivity index (χ2n) is 5.08. The van der Waals surface area contributed by atoms with E-state index in [0.717, 1.165) is 6.07 Å². The molecule has 1 atom stereocenters. The topological polar surface area (TPSA) is 82.2 Å². The first kappa shape index (κ1) is 17.2. The highest BCUT2D eigenvalue weighted by molar-refractivity contribution is 7.08. The van der Waals surface area contributed by atoms with Crippen LogP contribution in [-0.4, -0.2) is 22.5 Å². The summed E-state index contributed by atoms with van der Waals surface area (Å²) < 4.78 is 37.4. The Labute approximate surface area is 132 Å². The third-order valence-corrected chi connectivity index (χ3v) is 3.88. The summed E-state index contributed by atoms with van der Waals surface area (Å²) >= 11 is 1.37. The SMILES string of the molecule is C[C@](O)(CNC(=O)c1ccc(C(F)(F)F)[nH]c1=O)c1ccsc1. The van der Waals surface area contributed by atoms with Gasteiger partial charge in [0, 0.05) is 0 Å². The number of aromatic amines is 1. The third kappa shape index (κ3) is 3.99. The van der Waals surface area contributed by atoms with E-state index in [4.69, 9.17) is 0 Å². The van der Waals surface area contributed by atoms with Crippen molar-refractivity contribution in [2.24, 2.45) is 0 Å². The highest BCUT2D eigenvalue weighted by atomic mass is 32.1. The van der Waals surface area contributed by atoms with Gasteiger partial charge in [-0.1, -0.05) is 0 Å². The third-order valence-electron chi connectivity index (χ3n) is 3.20. The fourth-order valence-corrected chi connectivity index (χ4v) is 2.62. The molecule has 124 valence electrons. The molecule has 0 aliphatic heterocycles. The van der Waals surface area contributed by atoms with Crippen molar-refractivity contribution in [3.8, 4) is 0 Å². The van der Waals surface area contributed by atoms with E-state index in [9.17, 15) is 27.9 Å². The summed E-state index contributed by atoms with van der Waals surface area (Å²) in [7, 11) is 0. The average Bonchev–Trinajstić information content (AvgIpc) is 2.98. The number of alkyl halides is 3. The first-order valence-electron chi connectivity index (χ1n) is 6.45. The molecule has 3 N–H and O–H groups in total. The van der Waals surface area contributed by atoms with Gasteiger partial charge < -0.3 is 15.4 Å². The molecule has 0 aliphatic carbocycles. The smallest absolute Gasteiger partial charge is 0.384 e. The van der Waals surface area contributed by atoms with Crippen LogP contribution in [0.25, 0.3) is 0 Å². The minimum absolute atomic E-state index is 0.191. The molecule has 1 amide bonds. The van der Waals surface area contributed by atoms with Crippen molar-refractivity contribution in [2.75, 3.05) is 6.54 Å². The minimum Gasteiger partial charge on any atom is -0.384 e. The number of thiophene rings is 1. The molecule has 2 aromatic rings. The Hall–Kier alpha value is -2.13. The largest absolute Gasteiger partial charge is 0.431 e. The van der Waals surface area contributed by atoms with Crippen LogP contribution in [-0.2, 0) is 11.8 Å². The summed E-state index contributed by atoms with van der Waals surface area (Å²) in [5.74, 6) is -0.865. The van der Waals surface area contributed by atoms with E-state index < -0.39 is 34.5 Å². The van der Waals surface area contributed by atoms with Gasteiger partial charge in [0.05, 0.1) is 6.54 Å². The number of hydrogen-bond donors (Lipinski definition) is 3. The number of pyridine rings is 1.